The fourth-order valence-electron chi connectivity index (χ4n) is 4.97. The number of ether oxygens (including phenoxy) is 2. The van der Waals surface area contributed by atoms with Crippen molar-refractivity contribution in [1.82, 2.24) is 19.8 Å². The molecule has 3 aromatic heterocycles. The van der Waals surface area contributed by atoms with Gasteiger partial charge in [-0.2, -0.15) is 0 Å². The predicted octanol–water partition coefficient (Wildman–Crippen LogP) is 5.32. The minimum atomic E-state index is -0.0870. The van der Waals surface area contributed by atoms with Crippen molar-refractivity contribution in [2.75, 3.05) is 20.3 Å². The highest BCUT2D eigenvalue weighted by Crippen LogP contribution is 2.37. The summed E-state index contributed by atoms with van der Waals surface area (Å²) in [7, 11) is 1.67. The van der Waals surface area contributed by atoms with Gasteiger partial charge in [0, 0.05) is 43.0 Å². The number of carbonyl (C=O) groups is 2. The van der Waals surface area contributed by atoms with Crippen LogP contribution in [0.25, 0.3) is 21.1 Å². The third-order valence-corrected chi connectivity index (χ3v) is 8.00. The van der Waals surface area contributed by atoms with Crippen LogP contribution in [0.15, 0.2) is 42.6 Å². The molecule has 4 heterocycles. The number of carbonyl (C=O) groups excluding carboxylic acids is 2. The summed E-state index contributed by atoms with van der Waals surface area (Å²) in [6.45, 7) is 3.23. The molecule has 1 saturated carbocycles. The number of thiophene rings is 1. The molecule has 0 radical (unpaired) electrons. The number of hydrogen-bond donors (Lipinski definition) is 1. The number of amides is 2. The molecule has 1 aliphatic heterocycles. The molecule has 1 aliphatic carbocycles. The monoisotopic (exact) mass is 504 g/mol. The van der Waals surface area contributed by atoms with Crippen LogP contribution >= 0.6 is 11.3 Å². The maximum absolute atomic E-state index is 13.3. The van der Waals surface area contributed by atoms with Crippen molar-refractivity contribution in [2.45, 2.75) is 44.7 Å². The fourth-order valence-corrected chi connectivity index (χ4v) is 5.99. The van der Waals surface area contributed by atoms with Crippen LogP contribution in [-0.4, -0.2) is 58.7 Å². The van der Waals surface area contributed by atoms with Gasteiger partial charge in [0.15, 0.2) is 0 Å². The van der Waals surface area contributed by atoms with Crippen molar-refractivity contribution >= 4 is 44.4 Å². The molecule has 1 saturated heterocycles. The summed E-state index contributed by atoms with van der Waals surface area (Å²) in [5, 5.41) is 3.99. The number of nitrogens with one attached hydrogen (secondary N) is 1. The molecular formula is C27H28N4O4S. The van der Waals surface area contributed by atoms with Crippen LogP contribution in [0.4, 0.5) is 4.79 Å². The van der Waals surface area contributed by atoms with E-state index in [1.807, 2.05) is 48.2 Å². The van der Waals surface area contributed by atoms with E-state index in [2.05, 4.69) is 10.3 Å². The Morgan fingerprint density at radius 1 is 1.17 bits per heavy atom. The van der Waals surface area contributed by atoms with Crippen molar-refractivity contribution < 1.29 is 19.1 Å². The van der Waals surface area contributed by atoms with E-state index in [0.717, 1.165) is 59.0 Å². The first-order chi connectivity index (χ1) is 17.5. The normalized spacial score (nSPS) is 17.7. The van der Waals surface area contributed by atoms with E-state index in [9.17, 15) is 9.59 Å². The molecule has 36 heavy (non-hydrogen) atoms. The number of benzene rings is 1. The molecule has 6 rings (SSSR count). The van der Waals surface area contributed by atoms with Crippen molar-refractivity contribution in [1.29, 1.82) is 0 Å². The Morgan fingerprint density at radius 2 is 2.03 bits per heavy atom. The quantitative estimate of drug-likeness (QED) is 0.384. The number of fused-ring (bicyclic) bond motifs is 2. The fraction of sp³-hybridized carbons (Fsp3) is 0.370. The molecule has 186 valence electrons. The molecule has 9 heteroatoms. The molecule has 2 aliphatic rings. The lowest BCUT2D eigenvalue weighted by atomic mass is 10.2. The lowest BCUT2D eigenvalue weighted by Crippen LogP contribution is -2.37. The van der Waals surface area contributed by atoms with E-state index < -0.39 is 0 Å². The van der Waals surface area contributed by atoms with Crippen molar-refractivity contribution in [3.63, 3.8) is 0 Å². The molecule has 2 amide bonds. The smallest absolute Gasteiger partial charge is 0.326 e. The largest absolute Gasteiger partial charge is 0.456 e. The first-order valence-corrected chi connectivity index (χ1v) is 13.1. The molecule has 1 atom stereocenters. The summed E-state index contributed by atoms with van der Waals surface area (Å²) >= 11 is 1.41. The molecule has 0 spiro atoms. The van der Waals surface area contributed by atoms with E-state index in [1.165, 1.54) is 11.3 Å². The van der Waals surface area contributed by atoms with Gasteiger partial charge in [-0.25, -0.2) is 4.79 Å². The summed E-state index contributed by atoms with van der Waals surface area (Å²) in [4.78, 5) is 33.0. The predicted molar refractivity (Wildman–Crippen MR) is 139 cm³/mol. The number of nitrogens with zero attached hydrogens (tertiary/aromatic N) is 3. The van der Waals surface area contributed by atoms with Crippen LogP contribution in [0, 0.1) is 6.92 Å². The Morgan fingerprint density at radius 3 is 2.83 bits per heavy atom. The number of methoxy groups -OCH3 is 1. The van der Waals surface area contributed by atoms with Crippen LogP contribution in [0.3, 0.4) is 0 Å². The molecule has 8 nitrogen and oxygen atoms in total. The highest BCUT2D eigenvalue weighted by atomic mass is 32.1. The molecule has 1 unspecified atom stereocenters. The molecule has 2 fully saturated rings. The molecular weight excluding hydrogens is 476 g/mol. The minimum Gasteiger partial charge on any atom is -0.456 e. The lowest BCUT2D eigenvalue weighted by Gasteiger charge is -2.23. The topological polar surface area (TPSA) is 85.7 Å². The Labute approximate surface area is 212 Å². The number of rotatable bonds is 6. The van der Waals surface area contributed by atoms with E-state index in [0.29, 0.717) is 29.0 Å². The van der Waals surface area contributed by atoms with Gasteiger partial charge in [0.1, 0.15) is 11.5 Å². The van der Waals surface area contributed by atoms with Gasteiger partial charge >= 0.3 is 6.03 Å². The Balaban J connectivity index is 1.27. The number of likely N-dealkylation sites (tertiary alicyclic amines) is 1. The average Bonchev–Trinajstić information content (AvgIpc) is 3.25. The van der Waals surface area contributed by atoms with E-state index in [4.69, 9.17) is 9.47 Å². The van der Waals surface area contributed by atoms with Gasteiger partial charge in [-0.15, -0.1) is 11.3 Å². The van der Waals surface area contributed by atoms with Crippen molar-refractivity contribution in [3.8, 4) is 11.5 Å². The van der Waals surface area contributed by atoms with Crippen molar-refractivity contribution in [2.24, 2.45) is 0 Å². The van der Waals surface area contributed by atoms with Gasteiger partial charge in [-0.05, 0) is 62.9 Å². The summed E-state index contributed by atoms with van der Waals surface area (Å²) in [5.74, 6) is 1.34. The minimum absolute atomic E-state index is 0.0196. The van der Waals surface area contributed by atoms with E-state index in [-0.39, 0.29) is 18.0 Å². The molecule has 4 aromatic rings. The lowest BCUT2D eigenvalue weighted by molar-refractivity contribution is 0.0635. The Kier molecular flexibility index (Phi) is 5.89. The van der Waals surface area contributed by atoms with Gasteiger partial charge in [0.2, 0.25) is 0 Å². The second-order valence-electron chi connectivity index (χ2n) is 9.55. The standard InChI is InChI=1S/C27H28N4O4S/c1-16-12-17-13-20(7-8-22(17)31(16)27(33)29-18-5-6-18)35-23-9-10-28-21-14-24(36-25(21)23)26(32)30-11-3-4-19(30)15-34-2/h7-10,12-14,18-19H,3-6,11,15H2,1-2H3,(H,29,33). The number of aryl methyl sites for hydroxylation is 1. The number of aromatic nitrogens is 2. The van der Waals surface area contributed by atoms with E-state index >= 15 is 0 Å². The zero-order valence-electron chi connectivity index (χ0n) is 20.3. The maximum atomic E-state index is 13.3. The van der Waals surface area contributed by atoms with Gasteiger partial charge in [-0.1, -0.05) is 0 Å². The first-order valence-electron chi connectivity index (χ1n) is 12.3. The van der Waals surface area contributed by atoms with Gasteiger partial charge < -0.3 is 19.7 Å². The zero-order valence-corrected chi connectivity index (χ0v) is 21.1. The Bertz CT molecular complexity index is 1470. The average molecular weight is 505 g/mol. The SMILES string of the molecule is COCC1CCCN1C(=O)c1cc2nccc(Oc3ccc4c(c3)cc(C)n4C(=O)NC3CC3)c2s1. The summed E-state index contributed by atoms with van der Waals surface area (Å²) in [5.41, 5.74) is 2.46. The maximum Gasteiger partial charge on any atom is 0.326 e. The molecule has 1 aromatic carbocycles. The van der Waals surface area contributed by atoms with Crippen LogP contribution in [0.5, 0.6) is 11.5 Å². The van der Waals surface area contributed by atoms with Gasteiger partial charge in [0.25, 0.3) is 5.91 Å². The van der Waals surface area contributed by atoms with Gasteiger partial charge in [0.05, 0.1) is 33.3 Å². The zero-order chi connectivity index (χ0) is 24.8. The third kappa shape index (κ3) is 4.22. The van der Waals surface area contributed by atoms with Crippen LogP contribution < -0.4 is 10.1 Å². The first kappa shape index (κ1) is 23.0. The number of pyridine rings is 1. The van der Waals surface area contributed by atoms with Crippen LogP contribution in [0.2, 0.25) is 0 Å². The van der Waals surface area contributed by atoms with E-state index in [1.54, 1.807) is 17.9 Å². The molecule has 0 bridgehead atoms. The van der Waals surface area contributed by atoms with Crippen LogP contribution in [0.1, 0.15) is 41.0 Å². The summed E-state index contributed by atoms with van der Waals surface area (Å²) in [6, 6.07) is 11.7. The second kappa shape index (κ2) is 9.22. The third-order valence-electron chi connectivity index (χ3n) is 6.88. The molecule has 1 N–H and O–H groups in total. The Hall–Kier alpha value is -3.43. The van der Waals surface area contributed by atoms with Crippen molar-refractivity contribution in [3.05, 3.63) is 53.2 Å². The van der Waals surface area contributed by atoms with Crippen LogP contribution in [-0.2, 0) is 4.74 Å². The number of hydrogen-bond acceptors (Lipinski definition) is 6. The second-order valence-corrected chi connectivity index (χ2v) is 10.6. The highest BCUT2D eigenvalue weighted by Gasteiger charge is 2.30. The summed E-state index contributed by atoms with van der Waals surface area (Å²) in [6.07, 6.45) is 5.74. The summed E-state index contributed by atoms with van der Waals surface area (Å²) < 4.78 is 14.1. The van der Waals surface area contributed by atoms with Gasteiger partial charge in [-0.3, -0.25) is 14.3 Å². The highest BCUT2D eigenvalue weighted by molar-refractivity contribution is 7.21.